The average Bonchev–Trinajstić information content (AvgIpc) is 2.51. The lowest BCUT2D eigenvalue weighted by Gasteiger charge is -1.98. The number of oxazole rings is 1. The number of aromatic nitrogens is 1. The van der Waals surface area contributed by atoms with Gasteiger partial charge in [-0.3, -0.25) is 0 Å². The summed E-state index contributed by atoms with van der Waals surface area (Å²) in [6.45, 7) is 1.66. The van der Waals surface area contributed by atoms with E-state index in [0.717, 1.165) is 12.1 Å². The highest BCUT2D eigenvalue weighted by Crippen LogP contribution is 2.24. The van der Waals surface area contributed by atoms with Gasteiger partial charge in [0.15, 0.2) is 0 Å². The smallest absolute Gasteiger partial charge is 0.232 e. The molecule has 0 aliphatic rings. The van der Waals surface area contributed by atoms with Gasteiger partial charge in [0.05, 0.1) is 6.20 Å². The lowest BCUT2D eigenvalue weighted by atomic mass is 10.2. The highest BCUT2D eigenvalue weighted by atomic mass is 19.1. The molecule has 1 aromatic carbocycles. The van der Waals surface area contributed by atoms with Crippen molar-refractivity contribution in [3.63, 3.8) is 0 Å². The second kappa shape index (κ2) is 3.21. The van der Waals surface area contributed by atoms with Crippen molar-refractivity contribution >= 4 is 0 Å². The van der Waals surface area contributed by atoms with Crippen molar-refractivity contribution in [1.82, 2.24) is 4.98 Å². The Morgan fingerprint density at radius 1 is 1.21 bits per heavy atom. The van der Waals surface area contributed by atoms with Crippen LogP contribution in [-0.2, 0) is 0 Å². The summed E-state index contributed by atoms with van der Waals surface area (Å²) in [5, 5.41) is 0. The first kappa shape index (κ1) is 8.87. The van der Waals surface area contributed by atoms with E-state index in [0.29, 0.717) is 5.76 Å². The molecule has 0 bridgehead atoms. The van der Waals surface area contributed by atoms with Crippen LogP contribution in [-0.4, -0.2) is 4.98 Å². The number of hydrogen-bond acceptors (Lipinski definition) is 2. The summed E-state index contributed by atoms with van der Waals surface area (Å²) in [6.07, 6.45) is 1.42. The van der Waals surface area contributed by atoms with E-state index >= 15 is 0 Å². The Morgan fingerprint density at radius 3 is 2.36 bits per heavy atom. The molecular formula is C10H7F2NO. The number of hydrogen-bond donors (Lipinski definition) is 0. The summed E-state index contributed by atoms with van der Waals surface area (Å²) in [5.41, 5.74) is -0.222. The van der Waals surface area contributed by atoms with E-state index in [1.165, 1.54) is 12.3 Å². The summed E-state index contributed by atoms with van der Waals surface area (Å²) >= 11 is 0. The molecule has 72 valence electrons. The first-order chi connectivity index (χ1) is 6.68. The van der Waals surface area contributed by atoms with Gasteiger partial charge in [-0.1, -0.05) is 6.07 Å². The Kier molecular flexibility index (Phi) is 2.04. The van der Waals surface area contributed by atoms with Gasteiger partial charge in [-0.2, -0.15) is 0 Å². The monoisotopic (exact) mass is 195 g/mol. The molecule has 0 saturated heterocycles. The van der Waals surface area contributed by atoms with Crippen molar-refractivity contribution in [2.45, 2.75) is 6.92 Å². The first-order valence-corrected chi connectivity index (χ1v) is 4.05. The van der Waals surface area contributed by atoms with Gasteiger partial charge in [-0.15, -0.1) is 0 Å². The molecule has 0 N–H and O–H groups in total. The van der Waals surface area contributed by atoms with Gasteiger partial charge < -0.3 is 4.42 Å². The molecule has 0 atom stereocenters. The molecule has 2 aromatic rings. The topological polar surface area (TPSA) is 26.0 Å². The zero-order chi connectivity index (χ0) is 10.1. The van der Waals surface area contributed by atoms with Gasteiger partial charge in [0.1, 0.15) is 23.0 Å². The molecule has 1 heterocycles. The molecule has 4 heteroatoms. The summed E-state index contributed by atoms with van der Waals surface area (Å²) < 4.78 is 31.5. The first-order valence-electron chi connectivity index (χ1n) is 4.05. The standard InChI is InChI=1S/C10H7F2NO/c1-6-5-13-10(14-6)9-7(11)3-2-4-8(9)12/h2-5H,1H3. The van der Waals surface area contributed by atoms with Crippen molar-refractivity contribution < 1.29 is 13.2 Å². The maximum Gasteiger partial charge on any atom is 0.232 e. The zero-order valence-electron chi connectivity index (χ0n) is 7.42. The van der Waals surface area contributed by atoms with E-state index < -0.39 is 11.6 Å². The number of aryl methyl sites for hydroxylation is 1. The molecule has 2 rings (SSSR count). The third-order valence-corrected chi connectivity index (χ3v) is 1.80. The molecule has 1 aromatic heterocycles. The molecule has 0 spiro atoms. The van der Waals surface area contributed by atoms with Gasteiger partial charge in [0, 0.05) is 0 Å². The second-order valence-corrected chi connectivity index (χ2v) is 2.87. The normalized spacial score (nSPS) is 10.5. The Morgan fingerprint density at radius 2 is 1.86 bits per heavy atom. The summed E-state index contributed by atoms with van der Waals surface area (Å²) in [5.74, 6) is -0.862. The Balaban J connectivity index is 2.61. The second-order valence-electron chi connectivity index (χ2n) is 2.87. The minimum absolute atomic E-state index is 0.0295. The van der Waals surface area contributed by atoms with Crippen molar-refractivity contribution in [1.29, 1.82) is 0 Å². The van der Waals surface area contributed by atoms with Crippen LogP contribution in [0.3, 0.4) is 0 Å². The SMILES string of the molecule is Cc1cnc(-c2c(F)cccc2F)o1. The van der Waals surface area contributed by atoms with Gasteiger partial charge in [0.25, 0.3) is 0 Å². The van der Waals surface area contributed by atoms with Crippen LogP contribution >= 0.6 is 0 Å². The number of rotatable bonds is 1. The van der Waals surface area contributed by atoms with Crippen molar-refractivity contribution in [2.24, 2.45) is 0 Å². The predicted octanol–water partition coefficient (Wildman–Crippen LogP) is 2.93. The molecule has 0 radical (unpaired) electrons. The Bertz CT molecular complexity index is 445. The molecule has 0 aliphatic heterocycles. The van der Waals surface area contributed by atoms with Crippen molar-refractivity contribution in [3.8, 4) is 11.5 Å². The van der Waals surface area contributed by atoms with E-state index in [1.807, 2.05) is 0 Å². The summed E-state index contributed by atoms with van der Waals surface area (Å²) in [4.78, 5) is 3.76. The van der Waals surface area contributed by atoms with Crippen LogP contribution in [0.2, 0.25) is 0 Å². The fourth-order valence-electron chi connectivity index (χ4n) is 1.17. The molecule has 0 fully saturated rings. The lowest BCUT2D eigenvalue weighted by molar-refractivity contribution is 0.522. The highest BCUT2D eigenvalue weighted by Gasteiger charge is 2.15. The molecule has 0 saturated carbocycles. The zero-order valence-corrected chi connectivity index (χ0v) is 7.42. The van der Waals surface area contributed by atoms with Crippen LogP contribution in [0.5, 0.6) is 0 Å². The van der Waals surface area contributed by atoms with Crippen LogP contribution in [0.1, 0.15) is 5.76 Å². The average molecular weight is 195 g/mol. The fraction of sp³-hybridized carbons (Fsp3) is 0.100. The number of benzene rings is 1. The van der Waals surface area contributed by atoms with E-state index in [4.69, 9.17) is 4.42 Å². The van der Waals surface area contributed by atoms with Gasteiger partial charge in [-0.25, -0.2) is 13.8 Å². The van der Waals surface area contributed by atoms with Crippen molar-refractivity contribution in [3.05, 3.63) is 41.8 Å². The highest BCUT2D eigenvalue weighted by molar-refractivity contribution is 5.54. The minimum atomic E-state index is -0.674. The Labute approximate surface area is 79.2 Å². The van der Waals surface area contributed by atoms with E-state index in [1.54, 1.807) is 6.92 Å². The minimum Gasteiger partial charge on any atom is -0.441 e. The van der Waals surface area contributed by atoms with Crippen molar-refractivity contribution in [2.75, 3.05) is 0 Å². The summed E-state index contributed by atoms with van der Waals surface area (Å²) in [7, 11) is 0. The fourth-order valence-corrected chi connectivity index (χ4v) is 1.17. The molecule has 0 aliphatic carbocycles. The number of halogens is 2. The lowest BCUT2D eigenvalue weighted by Crippen LogP contribution is -1.88. The van der Waals surface area contributed by atoms with E-state index in [9.17, 15) is 8.78 Å². The van der Waals surface area contributed by atoms with Crippen LogP contribution in [0.4, 0.5) is 8.78 Å². The maximum atomic E-state index is 13.2. The molecule has 0 amide bonds. The van der Waals surface area contributed by atoms with Crippen LogP contribution in [0.15, 0.2) is 28.8 Å². The van der Waals surface area contributed by atoms with E-state index in [-0.39, 0.29) is 11.5 Å². The summed E-state index contributed by atoms with van der Waals surface area (Å²) in [6, 6.07) is 3.62. The van der Waals surface area contributed by atoms with Gasteiger partial charge >= 0.3 is 0 Å². The molecule has 2 nitrogen and oxygen atoms in total. The largest absolute Gasteiger partial charge is 0.441 e. The number of nitrogens with zero attached hydrogens (tertiary/aromatic N) is 1. The molecule has 0 unspecified atom stereocenters. The van der Waals surface area contributed by atoms with Gasteiger partial charge in [-0.05, 0) is 19.1 Å². The quantitative estimate of drug-likeness (QED) is 0.699. The maximum absolute atomic E-state index is 13.2. The van der Waals surface area contributed by atoms with Crippen LogP contribution in [0, 0.1) is 18.6 Å². The molecular weight excluding hydrogens is 188 g/mol. The third kappa shape index (κ3) is 1.39. The van der Waals surface area contributed by atoms with Gasteiger partial charge in [0.2, 0.25) is 5.89 Å². The van der Waals surface area contributed by atoms with E-state index in [2.05, 4.69) is 4.98 Å². The van der Waals surface area contributed by atoms with Crippen LogP contribution in [0.25, 0.3) is 11.5 Å². The van der Waals surface area contributed by atoms with Crippen LogP contribution < -0.4 is 0 Å². The Hall–Kier alpha value is -1.71. The third-order valence-electron chi connectivity index (χ3n) is 1.80. The molecule has 14 heavy (non-hydrogen) atoms. The predicted molar refractivity (Wildman–Crippen MR) is 46.6 cm³/mol.